The van der Waals surface area contributed by atoms with Gasteiger partial charge in [0, 0.05) is 38.9 Å². The Hall–Kier alpha value is -3.46. The van der Waals surface area contributed by atoms with E-state index in [0.717, 1.165) is 38.5 Å². The van der Waals surface area contributed by atoms with Gasteiger partial charge in [0.05, 0.1) is 19.8 Å². The van der Waals surface area contributed by atoms with Gasteiger partial charge >= 0.3 is 23.9 Å². The summed E-state index contributed by atoms with van der Waals surface area (Å²) in [5, 5.41) is 19.5. The number of rotatable bonds is 35. The van der Waals surface area contributed by atoms with Crippen LogP contribution in [0.4, 0.5) is 4.79 Å². The maximum absolute atomic E-state index is 12.9. The van der Waals surface area contributed by atoms with Gasteiger partial charge in [-0.2, -0.15) is 0 Å². The number of esters is 2. The van der Waals surface area contributed by atoms with Crippen molar-refractivity contribution >= 4 is 35.8 Å². The third-order valence-corrected chi connectivity index (χ3v) is 8.48. The van der Waals surface area contributed by atoms with Crippen LogP contribution >= 0.6 is 0 Å². The second kappa shape index (κ2) is 33.5. The first kappa shape index (κ1) is 53.5. The van der Waals surface area contributed by atoms with Crippen molar-refractivity contribution in [1.29, 1.82) is 0 Å². The van der Waals surface area contributed by atoms with E-state index in [2.05, 4.69) is 21.3 Å². The molecule has 0 heterocycles. The van der Waals surface area contributed by atoms with Crippen LogP contribution < -0.4 is 21.3 Å². The molecule has 0 fully saturated rings. The summed E-state index contributed by atoms with van der Waals surface area (Å²) in [5.74, 6) is -2.16. The number of hydrogen-bond acceptors (Lipinski definition) is 10. The van der Waals surface area contributed by atoms with Crippen molar-refractivity contribution in [2.24, 2.45) is 0 Å². The molecule has 0 aromatic heterocycles. The molecule has 0 aliphatic heterocycles. The maximum atomic E-state index is 12.9. The van der Waals surface area contributed by atoms with E-state index in [1.807, 2.05) is 20.8 Å². The minimum absolute atomic E-state index is 0.0516. The van der Waals surface area contributed by atoms with E-state index in [4.69, 9.17) is 24.1 Å². The first-order chi connectivity index (χ1) is 27.0. The van der Waals surface area contributed by atoms with E-state index < -0.39 is 29.2 Å². The van der Waals surface area contributed by atoms with E-state index in [-0.39, 0.29) is 69.6 Å². The van der Waals surface area contributed by atoms with Gasteiger partial charge < -0.3 is 45.3 Å². The first-order valence-electron chi connectivity index (χ1n) is 21.4. The average molecular weight is 815 g/mol. The minimum atomic E-state index is -1.04. The van der Waals surface area contributed by atoms with E-state index in [9.17, 15) is 28.8 Å². The summed E-state index contributed by atoms with van der Waals surface area (Å²) in [4.78, 5) is 72.1. The number of carbonyl (C=O) groups is 6. The predicted molar refractivity (Wildman–Crippen MR) is 220 cm³/mol. The molecule has 1 atom stereocenters. The predicted octanol–water partition coefficient (Wildman–Crippen LogP) is 6.49. The van der Waals surface area contributed by atoms with Gasteiger partial charge in [-0.1, -0.05) is 77.0 Å². The number of carboxylic acid groups (broad SMARTS) is 1. The smallest absolute Gasteiger partial charge is 0.329 e. The number of urea groups is 1. The van der Waals surface area contributed by atoms with Crippen LogP contribution in [-0.4, -0.2) is 104 Å². The van der Waals surface area contributed by atoms with Gasteiger partial charge in [-0.3, -0.25) is 14.4 Å². The average Bonchev–Trinajstić information content (AvgIpc) is 3.10. The molecule has 15 heteroatoms. The lowest BCUT2D eigenvalue weighted by molar-refractivity contribution is -0.159. The number of hydrogen-bond donors (Lipinski definition) is 5. The maximum Gasteiger partial charge on any atom is 0.329 e. The molecule has 57 heavy (non-hydrogen) atoms. The van der Waals surface area contributed by atoms with E-state index >= 15 is 0 Å². The fraction of sp³-hybridized carbons (Fsp3) is 0.857. The summed E-state index contributed by atoms with van der Waals surface area (Å²) in [6.07, 6.45) is 18.0. The number of unbranched alkanes of at least 4 members (excludes halogenated alkanes) is 14. The Kier molecular flexibility index (Phi) is 31.5. The molecule has 0 radical (unpaired) electrons. The molecular weight excluding hydrogens is 736 g/mol. The Bertz CT molecular complexity index is 1120. The fourth-order valence-electron chi connectivity index (χ4n) is 5.68. The summed E-state index contributed by atoms with van der Waals surface area (Å²) >= 11 is 0. The highest BCUT2D eigenvalue weighted by Gasteiger charge is 2.27. The molecule has 0 saturated carbocycles. The summed E-state index contributed by atoms with van der Waals surface area (Å²) in [6, 6.07) is -1.25. The van der Waals surface area contributed by atoms with E-state index in [0.29, 0.717) is 38.8 Å². The molecule has 332 valence electrons. The monoisotopic (exact) mass is 815 g/mol. The van der Waals surface area contributed by atoms with E-state index in [1.165, 1.54) is 51.4 Å². The Labute approximate surface area is 342 Å². The standard InChI is InChI=1S/C42H78N4O11/c1-41(2,3)56-38(51)24-20-18-16-14-12-10-8-7-9-11-13-15-17-19-23-36(48)46-34(39(52)57-42(4,5)6)25-26-35(47)43-27-21-22-28-44-40(53)45-29-30-54-31-32-55-33-37(49)50/h34H,7-33H2,1-6H3,(H,43,47)(H,46,48)(H,49,50)(H2,44,45,53)/t34-/m0/s1. The third kappa shape index (κ3) is 39.2. The number of carboxylic acids is 1. The largest absolute Gasteiger partial charge is 0.480 e. The lowest BCUT2D eigenvalue weighted by Gasteiger charge is -2.24. The first-order valence-corrected chi connectivity index (χ1v) is 21.4. The van der Waals surface area contributed by atoms with Crippen molar-refractivity contribution in [1.82, 2.24) is 21.3 Å². The van der Waals surface area contributed by atoms with Crippen LogP contribution in [0.15, 0.2) is 0 Å². The van der Waals surface area contributed by atoms with Gasteiger partial charge in [-0.25, -0.2) is 14.4 Å². The van der Waals surface area contributed by atoms with Gasteiger partial charge in [0.15, 0.2) is 0 Å². The van der Waals surface area contributed by atoms with Crippen LogP contribution in [0.25, 0.3) is 0 Å². The minimum Gasteiger partial charge on any atom is -0.480 e. The van der Waals surface area contributed by atoms with Crippen molar-refractivity contribution < 1.29 is 52.8 Å². The zero-order valence-electron chi connectivity index (χ0n) is 36.2. The highest BCUT2D eigenvalue weighted by atomic mass is 16.6. The Balaban J connectivity index is 4.03. The van der Waals surface area contributed by atoms with Gasteiger partial charge in [0.25, 0.3) is 0 Å². The zero-order chi connectivity index (χ0) is 42.8. The van der Waals surface area contributed by atoms with E-state index in [1.54, 1.807) is 20.8 Å². The van der Waals surface area contributed by atoms with Gasteiger partial charge in [-0.15, -0.1) is 0 Å². The molecule has 15 nitrogen and oxygen atoms in total. The highest BCUT2D eigenvalue weighted by Crippen LogP contribution is 2.16. The Morgan fingerprint density at radius 1 is 0.509 bits per heavy atom. The van der Waals surface area contributed by atoms with Crippen LogP contribution in [0.1, 0.15) is 170 Å². The molecule has 0 aromatic rings. The van der Waals surface area contributed by atoms with Gasteiger partial charge in [0.1, 0.15) is 23.9 Å². The molecular formula is C42H78N4O11. The molecule has 0 spiro atoms. The highest BCUT2D eigenvalue weighted by molar-refractivity contribution is 5.85. The summed E-state index contributed by atoms with van der Waals surface area (Å²) in [6.45, 7) is 12.4. The van der Waals surface area contributed by atoms with Crippen LogP contribution in [0.3, 0.4) is 0 Å². The van der Waals surface area contributed by atoms with Crippen molar-refractivity contribution in [2.75, 3.05) is 46.1 Å². The summed E-state index contributed by atoms with van der Waals surface area (Å²) in [5.41, 5.74) is -1.14. The zero-order valence-corrected chi connectivity index (χ0v) is 36.2. The molecule has 4 amide bonds. The normalized spacial score (nSPS) is 12.0. The molecule has 5 N–H and O–H groups in total. The lowest BCUT2D eigenvalue weighted by atomic mass is 10.0. The van der Waals surface area contributed by atoms with Gasteiger partial charge in [-0.05, 0) is 73.6 Å². The molecule has 0 saturated heterocycles. The van der Waals surface area contributed by atoms with Crippen molar-refractivity contribution in [3.8, 4) is 0 Å². The van der Waals surface area contributed by atoms with Crippen molar-refractivity contribution in [3.63, 3.8) is 0 Å². The Morgan fingerprint density at radius 3 is 1.51 bits per heavy atom. The fourth-order valence-corrected chi connectivity index (χ4v) is 5.68. The number of nitrogens with one attached hydrogen (secondary N) is 4. The molecule has 0 bridgehead atoms. The van der Waals surface area contributed by atoms with Crippen LogP contribution in [0.2, 0.25) is 0 Å². The second-order valence-corrected chi connectivity index (χ2v) is 16.5. The molecule has 0 unspecified atom stereocenters. The molecule has 0 aliphatic carbocycles. The van der Waals surface area contributed by atoms with Gasteiger partial charge in [0.2, 0.25) is 11.8 Å². The number of carbonyl (C=O) groups excluding carboxylic acids is 5. The SMILES string of the molecule is CC(C)(C)OC(=O)CCCCCCCCCCCCCCCCC(=O)N[C@@H](CCC(=O)NCCCCNC(=O)NCCOCCOCC(=O)O)C(=O)OC(C)(C)C. The van der Waals surface area contributed by atoms with Crippen molar-refractivity contribution in [2.45, 2.75) is 187 Å². The Morgan fingerprint density at radius 2 is 0.982 bits per heavy atom. The van der Waals surface area contributed by atoms with Crippen LogP contribution in [-0.2, 0) is 42.9 Å². The number of aliphatic carboxylic acids is 1. The summed E-state index contributed by atoms with van der Waals surface area (Å²) in [7, 11) is 0. The topological polar surface area (TPSA) is 208 Å². The number of ether oxygens (including phenoxy) is 4. The number of amides is 4. The lowest BCUT2D eigenvalue weighted by Crippen LogP contribution is -2.44. The second-order valence-electron chi connectivity index (χ2n) is 16.5. The summed E-state index contributed by atoms with van der Waals surface area (Å²) < 4.78 is 21.0. The van der Waals surface area contributed by atoms with Crippen LogP contribution in [0.5, 0.6) is 0 Å². The molecule has 0 aliphatic rings. The molecule has 0 rings (SSSR count). The molecule has 0 aromatic carbocycles. The van der Waals surface area contributed by atoms with Crippen molar-refractivity contribution in [3.05, 3.63) is 0 Å². The van der Waals surface area contributed by atoms with Crippen LogP contribution in [0, 0.1) is 0 Å². The third-order valence-electron chi connectivity index (χ3n) is 8.48. The quantitative estimate of drug-likeness (QED) is 0.0345.